The molecule has 1 rings (SSSR count). The summed E-state index contributed by atoms with van der Waals surface area (Å²) in [5.41, 5.74) is 13.7. The summed E-state index contributed by atoms with van der Waals surface area (Å²) in [4.78, 5) is 10.4. The lowest BCUT2D eigenvalue weighted by Gasteiger charge is -2.10. The Bertz CT molecular complexity index is 350. The van der Waals surface area contributed by atoms with Crippen LogP contribution in [0.15, 0.2) is 18.2 Å². The van der Waals surface area contributed by atoms with Gasteiger partial charge in [-0.1, -0.05) is 12.1 Å². The van der Waals surface area contributed by atoms with Crippen molar-refractivity contribution in [2.45, 2.75) is 19.4 Å². The number of aliphatic carboxylic acids is 1. The summed E-state index contributed by atoms with van der Waals surface area (Å²) in [7, 11) is 0. The molecule has 0 heterocycles. The highest BCUT2D eigenvalue weighted by Crippen LogP contribution is 2.19. The van der Waals surface area contributed by atoms with Gasteiger partial charge >= 0.3 is 5.97 Å². The lowest BCUT2D eigenvalue weighted by molar-refractivity contribution is -0.137. The van der Waals surface area contributed by atoms with Crippen LogP contribution in [0.25, 0.3) is 0 Å². The molecule has 14 heavy (non-hydrogen) atoms. The smallest absolute Gasteiger partial charge is 0.305 e. The summed E-state index contributed by atoms with van der Waals surface area (Å²) in [6.45, 7) is 1.87. The van der Waals surface area contributed by atoms with E-state index in [1.165, 1.54) is 0 Å². The number of rotatable bonds is 3. The third kappa shape index (κ3) is 2.47. The Morgan fingerprint density at radius 2 is 2.21 bits per heavy atom. The lowest BCUT2D eigenvalue weighted by atomic mass is 10.0. The van der Waals surface area contributed by atoms with Gasteiger partial charge in [0, 0.05) is 11.7 Å². The molecule has 0 aliphatic heterocycles. The van der Waals surface area contributed by atoms with Crippen molar-refractivity contribution in [2.75, 3.05) is 5.73 Å². The fourth-order valence-electron chi connectivity index (χ4n) is 1.24. The van der Waals surface area contributed by atoms with Gasteiger partial charge in [-0.3, -0.25) is 4.79 Å². The number of carbonyl (C=O) groups is 1. The molecular weight excluding hydrogens is 180 g/mol. The third-order valence-electron chi connectivity index (χ3n) is 2.12. The van der Waals surface area contributed by atoms with Gasteiger partial charge in [-0.2, -0.15) is 0 Å². The minimum atomic E-state index is -0.896. The van der Waals surface area contributed by atoms with Gasteiger partial charge in [-0.25, -0.2) is 0 Å². The Labute approximate surface area is 82.5 Å². The molecule has 1 atom stereocenters. The van der Waals surface area contributed by atoms with Crippen LogP contribution in [-0.2, 0) is 4.79 Å². The van der Waals surface area contributed by atoms with Crippen LogP contribution in [0.5, 0.6) is 0 Å². The van der Waals surface area contributed by atoms with Crippen LogP contribution in [0.3, 0.4) is 0 Å². The third-order valence-corrected chi connectivity index (χ3v) is 2.12. The molecule has 0 saturated carbocycles. The van der Waals surface area contributed by atoms with E-state index in [4.69, 9.17) is 16.6 Å². The molecular formula is C10H14N2O2. The monoisotopic (exact) mass is 194 g/mol. The number of hydrogen-bond donors (Lipinski definition) is 3. The van der Waals surface area contributed by atoms with E-state index in [0.29, 0.717) is 5.69 Å². The Hall–Kier alpha value is -1.55. The van der Waals surface area contributed by atoms with Gasteiger partial charge in [0.25, 0.3) is 0 Å². The molecule has 1 aromatic carbocycles. The normalized spacial score (nSPS) is 12.4. The highest BCUT2D eigenvalue weighted by Gasteiger charge is 2.10. The Morgan fingerprint density at radius 1 is 1.57 bits per heavy atom. The van der Waals surface area contributed by atoms with Crippen molar-refractivity contribution in [3.05, 3.63) is 29.3 Å². The zero-order valence-corrected chi connectivity index (χ0v) is 8.03. The molecule has 1 unspecified atom stereocenters. The van der Waals surface area contributed by atoms with Crippen LogP contribution in [0, 0.1) is 6.92 Å². The fourth-order valence-corrected chi connectivity index (χ4v) is 1.24. The number of carboxylic acid groups (broad SMARTS) is 1. The molecule has 76 valence electrons. The molecule has 0 radical (unpaired) electrons. The maximum atomic E-state index is 10.4. The molecule has 0 spiro atoms. The number of hydrogen-bond acceptors (Lipinski definition) is 3. The summed E-state index contributed by atoms with van der Waals surface area (Å²) in [5.74, 6) is -0.896. The fraction of sp³-hybridized carbons (Fsp3) is 0.300. The Kier molecular flexibility index (Phi) is 3.09. The van der Waals surface area contributed by atoms with Gasteiger partial charge < -0.3 is 16.6 Å². The van der Waals surface area contributed by atoms with E-state index < -0.39 is 12.0 Å². The van der Waals surface area contributed by atoms with Crippen molar-refractivity contribution in [3.8, 4) is 0 Å². The first-order valence-electron chi connectivity index (χ1n) is 4.34. The zero-order chi connectivity index (χ0) is 10.7. The molecule has 0 saturated heterocycles. The average Bonchev–Trinajstić information content (AvgIpc) is 2.08. The maximum Gasteiger partial charge on any atom is 0.305 e. The van der Waals surface area contributed by atoms with Gasteiger partial charge in [-0.15, -0.1) is 0 Å². The molecule has 0 aliphatic carbocycles. The second-order valence-corrected chi connectivity index (χ2v) is 3.32. The van der Waals surface area contributed by atoms with Gasteiger partial charge in [0.15, 0.2) is 0 Å². The predicted octanol–water partition coefficient (Wildman–Crippen LogP) is 1.05. The highest BCUT2D eigenvalue weighted by atomic mass is 16.4. The number of carboxylic acids is 1. The lowest BCUT2D eigenvalue weighted by Crippen LogP contribution is -2.15. The highest BCUT2D eigenvalue weighted by molar-refractivity contribution is 5.68. The second kappa shape index (κ2) is 4.11. The second-order valence-electron chi connectivity index (χ2n) is 3.32. The van der Waals surface area contributed by atoms with Crippen molar-refractivity contribution in [2.24, 2.45) is 5.73 Å². The van der Waals surface area contributed by atoms with E-state index in [2.05, 4.69) is 0 Å². The van der Waals surface area contributed by atoms with Crippen LogP contribution in [0.4, 0.5) is 5.69 Å². The molecule has 4 heteroatoms. The first kappa shape index (κ1) is 10.5. The molecule has 0 aromatic heterocycles. The summed E-state index contributed by atoms with van der Waals surface area (Å²) < 4.78 is 0. The van der Waals surface area contributed by atoms with Crippen molar-refractivity contribution in [3.63, 3.8) is 0 Å². The van der Waals surface area contributed by atoms with E-state index in [1.54, 1.807) is 12.1 Å². The molecule has 5 N–H and O–H groups in total. The van der Waals surface area contributed by atoms with Crippen LogP contribution in [0.2, 0.25) is 0 Å². The SMILES string of the molecule is Cc1cc(C(N)CC(=O)O)ccc1N. The molecule has 4 nitrogen and oxygen atoms in total. The zero-order valence-electron chi connectivity index (χ0n) is 8.03. The predicted molar refractivity (Wildman–Crippen MR) is 54.8 cm³/mol. The van der Waals surface area contributed by atoms with Gasteiger partial charge in [-0.05, 0) is 24.1 Å². The van der Waals surface area contributed by atoms with Crippen molar-refractivity contribution < 1.29 is 9.90 Å². The quantitative estimate of drug-likeness (QED) is 0.627. The maximum absolute atomic E-state index is 10.4. The first-order chi connectivity index (χ1) is 6.50. The van der Waals surface area contributed by atoms with Gasteiger partial charge in [0.05, 0.1) is 6.42 Å². The number of nitrogens with two attached hydrogens (primary N) is 2. The number of benzene rings is 1. The van der Waals surface area contributed by atoms with Gasteiger partial charge in [0.2, 0.25) is 0 Å². The Balaban J connectivity index is 2.85. The van der Waals surface area contributed by atoms with E-state index >= 15 is 0 Å². The average molecular weight is 194 g/mol. The topological polar surface area (TPSA) is 89.3 Å². The standard InChI is InChI=1S/C10H14N2O2/c1-6-4-7(2-3-8(6)11)9(12)5-10(13)14/h2-4,9H,5,11-12H2,1H3,(H,13,14). The molecule has 0 amide bonds. The van der Waals surface area contributed by atoms with E-state index in [9.17, 15) is 4.79 Å². The van der Waals surface area contributed by atoms with Crippen LogP contribution < -0.4 is 11.5 Å². The van der Waals surface area contributed by atoms with E-state index in [1.807, 2.05) is 13.0 Å². The largest absolute Gasteiger partial charge is 0.481 e. The van der Waals surface area contributed by atoms with Crippen molar-refractivity contribution in [1.82, 2.24) is 0 Å². The minimum absolute atomic E-state index is 0.0661. The summed E-state index contributed by atoms with van der Waals surface area (Å²) in [5, 5.41) is 8.56. The summed E-state index contributed by atoms with van der Waals surface area (Å²) in [6.07, 6.45) is -0.0661. The number of aryl methyl sites for hydroxylation is 1. The molecule has 0 aliphatic rings. The molecule has 1 aromatic rings. The van der Waals surface area contributed by atoms with Crippen LogP contribution in [0.1, 0.15) is 23.6 Å². The Morgan fingerprint density at radius 3 is 2.71 bits per heavy atom. The summed E-state index contributed by atoms with van der Waals surface area (Å²) >= 11 is 0. The first-order valence-corrected chi connectivity index (χ1v) is 4.34. The number of nitrogen functional groups attached to an aromatic ring is 1. The molecule has 0 fully saturated rings. The summed E-state index contributed by atoms with van der Waals surface area (Å²) in [6, 6.07) is 4.86. The van der Waals surface area contributed by atoms with E-state index in [-0.39, 0.29) is 6.42 Å². The van der Waals surface area contributed by atoms with Crippen LogP contribution in [-0.4, -0.2) is 11.1 Å². The minimum Gasteiger partial charge on any atom is -0.481 e. The van der Waals surface area contributed by atoms with Gasteiger partial charge in [0.1, 0.15) is 0 Å². The van der Waals surface area contributed by atoms with Crippen molar-refractivity contribution >= 4 is 11.7 Å². The van der Waals surface area contributed by atoms with E-state index in [0.717, 1.165) is 11.1 Å². The molecule has 0 bridgehead atoms. The number of anilines is 1. The van der Waals surface area contributed by atoms with Crippen molar-refractivity contribution in [1.29, 1.82) is 0 Å². The van der Waals surface area contributed by atoms with Crippen LogP contribution >= 0.6 is 0 Å².